The summed E-state index contributed by atoms with van der Waals surface area (Å²) in [6.45, 7) is 4.66. The van der Waals surface area contributed by atoms with Gasteiger partial charge >= 0.3 is 5.97 Å². The number of hydrogen-bond acceptors (Lipinski definition) is 3. The molecule has 0 saturated carbocycles. The van der Waals surface area contributed by atoms with Crippen LogP contribution < -0.4 is 0 Å². The number of nitrogens with zero attached hydrogens (tertiary/aromatic N) is 1. The standard InChI is InChI=1S/C12H19NO3S/c1-11(10(15)16)5-6-13(8-11)9(14)12(2)4-3-7-17-12/h3-8H2,1-2H3,(H,15,16). The molecule has 2 heterocycles. The monoisotopic (exact) mass is 257 g/mol. The van der Waals surface area contributed by atoms with E-state index >= 15 is 0 Å². The zero-order valence-electron chi connectivity index (χ0n) is 10.4. The summed E-state index contributed by atoms with van der Waals surface area (Å²) in [5, 5.41) is 9.16. The van der Waals surface area contributed by atoms with Crippen molar-refractivity contribution >= 4 is 23.6 Å². The Morgan fingerprint density at radius 2 is 2.00 bits per heavy atom. The predicted molar refractivity (Wildman–Crippen MR) is 67.0 cm³/mol. The van der Waals surface area contributed by atoms with Gasteiger partial charge in [-0.1, -0.05) is 0 Å². The zero-order valence-corrected chi connectivity index (χ0v) is 11.2. The topological polar surface area (TPSA) is 57.6 Å². The maximum atomic E-state index is 12.4. The molecule has 0 radical (unpaired) electrons. The van der Waals surface area contributed by atoms with Crippen LogP contribution in [0.4, 0.5) is 0 Å². The number of amides is 1. The van der Waals surface area contributed by atoms with Crippen LogP contribution in [0.15, 0.2) is 0 Å². The molecular formula is C12H19NO3S. The first-order chi connectivity index (χ1) is 7.87. The van der Waals surface area contributed by atoms with Crippen molar-refractivity contribution in [2.45, 2.75) is 37.9 Å². The molecule has 2 rings (SSSR count). The number of rotatable bonds is 2. The van der Waals surface area contributed by atoms with Crippen molar-refractivity contribution in [3.05, 3.63) is 0 Å². The molecule has 2 aliphatic rings. The first-order valence-corrected chi connectivity index (χ1v) is 7.03. The molecule has 0 aliphatic carbocycles. The van der Waals surface area contributed by atoms with Gasteiger partial charge in [0.25, 0.3) is 0 Å². The Morgan fingerprint density at radius 1 is 1.29 bits per heavy atom. The van der Waals surface area contributed by atoms with Gasteiger partial charge in [-0.05, 0) is 38.9 Å². The average Bonchev–Trinajstić information content (AvgIpc) is 2.86. The molecule has 96 valence electrons. The van der Waals surface area contributed by atoms with E-state index in [1.165, 1.54) is 0 Å². The van der Waals surface area contributed by atoms with E-state index in [2.05, 4.69) is 0 Å². The molecule has 1 amide bonds. The highest BCUT2D eigenvalue weighted by Gasteiger charge is 2.47. The first-order valence-electron chi connectivity index (χ1n) is 6.04. The van der Waals surface area contributed by atoms with Gasteiger partial charge in [0.1, 0.15) is 0 Å². The minimum Gasteiger partial charge on any atom is -0.481 e. The number of carbonyl (C=O) groups is 2. The zero-order chi connectivity index (χ0) is 12.7. The molecular weight excluding hydrogens is 238 g/mol. The summed E-state index contributed by atoms with van der Waals surface area (Å²) in [5.74, 6) is 0.369. The maximum absolute atomic E-state index is 12.4. The van der Waals surface area contributed by atoms with E-state index in [9.17, 15) is 9.59 Å². The number of hydrogen-bond donors (Lipinski definition) is 1. The van der Waals surface area contributed by atoms with Crippen LogP contribution in [0.1, 0.15) is 33.1 Å². The third-order valence-electron chi connectivity index (χ3n) is 3.95. The quantitative estimate of drug-likeness (QED) is 0.816. The molecule has 2 unspecified atom stereocenters. The van der Waals surface area contributed by atoms with Crippen molar-refractivity contribution in [3.8, 4) is 0 Å². The number of carboxylic acid groups (broad SMARTS) is 1. The summed E-state index contributed by atoms with van der Waals surface area (Å²) in [6, 6.07) is 0. The molecule has 0 aromatic rings. The number of aliphatic carboxylic acids is 1. The van der Waals surface area contributed by atoms with Crippen LogP contribution in [-0.2, 0) is 9.59 Å². The Balaban J connectivity index is 2.06. The molecule has 17 heavy (non-hydrogen) atoms. The Bertz CT molecular complexity index is 352. The number of carboxylic acids is 1. The van der Waals surface area contributed by atoms with Crippen LogP contribution in [-0.4, -0.2) is 45.5 Å². The lowest BCUT2D eigenvalue weighted by Crippen LogP contribution is -2.44. The molecule has 5 heteroatoms. The fraction of sp³-hybridized carbons (Fsp3) is 0.833. The lowest BCUT2D eigenvalue weighted by atomic mass is 9.90. The summed E-state index contributed by atoms with van der Waals surface area (Å²) in [7, 11) is 0. The van der Waals surface area contributed by atoms with Crippen LogP contribution in [0.25, 0.3) is 0 Å². The molecule has 0 spiro atoms. The van der Waals surface area contributed by atoms with Gasteiger partial charge in [0.2, 0.25) is 5.91 Å². The van der Waals surface area contributed by atoms with Crippen LogP contribution in [0.5, 0.6) is 0 Å². The fourth-order valence-corrected chi connectivity index (χ4v) is 3.87. The van der Waals surface area contributed by atoms with Crippen LogP contribution in [0.2, 0.25) is 0 Å². The molecule has 0 bridgehead atoms. The second-order valence-corrected chi connectivity index (χ2v) is 7.12. The molecule has 2 fully saturated rings. The maximum Gasteiger partial charge on any atom is 0.311 e. The molecule has 2 aliphatic heterocycles. The van der Waals surface area contributed by atoms with Gasteiger partial charge < -0.3 is 10.0 Å². The largest absolute Gasteiger partial charge is 0.481 e. The van der Waals surface area contributed by atoms with Crippen molar-refractivity contribution < 1.29 is 14.7 Å². The summed E-state index contributed by atoms with van der Waals surface area (Å²) < 4.78 is -0.316. The summed E-state index contributed by atoms with van der Waals surface area (Å²) in [4.78, 5) is 25.3. The molecule has 2 saturated heterocycles. The smallest absolute Gasteiger partial charge is 0.311 e. The third kappa shape index (κ3) is 2.17. The molecule has 4 nitrogen and oxygen atoms in total. The van der Waals surface area contributed by atoms with Crippen molar-refractivity contribution in [2.75, 3.05) is 18.8 Å². The van der Waals surface area contributed by atoms with E-state index in [4.69, 9.17) is 5.11 Å². The van der Waals surface area contributed by atoms with Gasteiger partial charge in [0, 0.05) is 13.1 Å². The number of thioether (sulfide) groups is 1. The van der Waals surface area contributed by atoms with Gasteiger partial charge in [-0.3, -0.25) is 9.59 Å². The number of likely N-dealkylation sites (tertiary alicyclic amines) is 1. The Hall–Kier alpha value is -0.710. The van der Waals surface area contributed by atoms with Crippen molar-refractivity contribution in [2.24, 2.45) is 5.41 Å². The minimum absolute atomic E-state index is 0.130. The lowest BCUT2D eigenvalue weighted by Gasteiger charge is -2.28. The van der Waals surface area contributed by atoms with Crippen LogP contribution in [0, 0.1) is 5.41 Å². The summed E-state index contributed by atoms with van der Waals surface area (Å²) >= 11 is 1.71. The molecule has 1 N–H and O–H groups in total. The van der Waals surface area contributed by atoms with Crippen molar-refractivity contribution in [1.82, 2.24) is 4.90 Å². The van der Waals surface area contributed by atoms with Crippen molar-refractivity contribution in [1.29, 1.82) is 0 Å². The summed E-state index contributed by atoms with van der Waals surface area (Å²) in [6.07, 6.45) is 2.56. The molecule has 2 atom stereocenters. The molecule has 0 aromatic heterocycles. The minimum atomic E-state index is -0.794. The first kappa shape index (κ1) is 12.7. The van der Waals surface area contributed by atoms with E-state index in [-0.39, 0.29) is 10.7 Å². The Kier molecular flexibility index (Phi) is 3.14. The van der Waals surface area contributed by atoms with E-state index in [0.29, 0.717) is 19.5 Å². The van der Waals surface area contributed by atoms with Crippen molar-refractivity contribution in [3.63, 3.8) is 0 Å². The van der Waals surface area contributed by atoms with Gasteiger partial charge in [-0.2, -0.15) is 0 Å². The van der Waals surface area contributed by atoms with Gasteiger partial charge in [0.15, 0.2) is 0 Å². The van der Waals surface area contributed by atoms with Gasteiger partial charge in [-0.25, -0.2) is 0 Å². The fourth-order valence-electron chi connectivity index (χ4n) is 2.59. The van der Waals surface area contributed by atoms with Gasteiger partial charge in [0.05, 0.1) is 10.2 Å². The highest BCUT2D eigenvalue weighted by atomic mass is 32.2. The third-order valence-corrected chi connectivity index (χ3v) is 5.46. The Morgan fingerprint density at radius 3 is 2.47 bits per heavy atom. The van der Waals surface area contributed by atoms with Crippen LogP contribution in [0.3, 0.4) is 0 Å². The van der Waals surface area contributed by atoms with Crippen LogP contribution >= 0.6 is 11.8 Å². The second kappa shape index (κ2) is 4.19. The Labute approximate surface area is 106 Å². The highest BCUT2D eigenvalue weighted by Crippen LogP contribution is 2.41. The second-order valence-electron chi connectivity index (χ2n) is 5.53. The molecule has 0 aromatic carbocycles. The van der Waals surface area contributed by atoms with E-state index in [1.54, 1.807) is 23.6 Å². The average molecular weight is 257 g/mol. The lowest BCUT2D eigenvalue weighted by molar-refractivity contribution is -0.147. The predicted octanol–water partition coefficient (Wildman–Crippen LogP) is 1.60. The normalized spacial score (nSPS) is 37.4. The summed E-state index contributed by atoms with van der Waals surface area (Å²) in [5.41, 5.74) is -0.755. The van der Waals surface area contributed by atoms with E-state index in [1.807, 2.05) is 6.92 Å². The SMILES string of the molecule is CC1(C(=O)O)CCN(C(=O)C2(C)CCCS2)C1. The number of carbonyl (C=O) groups excluding carboxylic acids is 1. The van der Waals surface area contributed by atoms with Gasteiger partial charge in [-0.15, -0.1) is 11.8 Å². The highest BCUT2D eigenvalue weighted by molar-refractivity contribution is 8.01. The van der Waals surface area contributed by atoms with E-state index in [0.717, 1.165) is 18.6 Å². The van der Waals surface area contributed by atoms with E-state index < -0.39 is 11.4 Å².